The zero-order chi connectivity index (χ0) is 17.1. The van der Waals surface area contributed by atoms with E-state index in [1.54, 1.807) is 0 Å². The van der Waals surface area contributed by atoms with Gasteiger partial charge < -0.3 is 15.4 Å². The predicted octanol–water partition coefficient (Wildman–Crippen LogP) is 3.16. The minimum atomic E-state index is -4.60. The van der Waals surface area contributed by atoms with Crippen molar-refractivity contribution in [3.05, 3.63) is 35.1 Å². The number of ether oxygens (including phenoxy) is 1. The molecule has 136 valence electrons. The van der Waals surface area contributed by atoms with Gasteiger partial charge in [-0.25, -0.2) is 4.39 Å². The molecule has 1 heterocycles. The molecule has 0 aliphatic carbocycles. The highest BCUT2D eigenvalue weighted by Crippen LogP contribution is 2.32. The van der Waals surface area contributed by atoms with E-state index in [1.165, 1.54) is 7.05 Å². The summed E-state index contributed by atoms with van der Waals surface area (Å²) in [4.78, 5) is 3.97. The van der Waals surface area contributed by atoms with Crippen LogP contribution >= 0.6 is 24.0 Å². The van der Waals surface area contributed by atoms with Crippen molar-refractivity contribution < 1.29 is 22.3 Å². The summed E-state index contributed by atoms with van der Waals surface area (Å²) in [5.41, 5.74) is -1.02. The summed E-state index contributed by atoms with van der Waals surface area (Å²) < 4.78 is 57.0. The monoisotopic (exact) mass is 461 g/mol. The fourth-order valence-electron chi connectivity index (χ4n) is 2.22. The number of guanidine groups is 1. The van der Waals surface area contributed by atoms with Crippen LogP contribution in [0.1, 0.15) is 18.1 Å². The number of alkyl halides is 3. The Hall–Kier alpha value is -1.10. The quantitative estimate of drug-likeness (QED) is 0.314. The highest BCUT2D eigenvalue weighted by Gasteiger charge is 2.34. The molecule has 2 rings (SSSR count). The van der Waals surface area contributed by atoms with Gasteiger partial charge in [0.15, 0.2) is 5.96 Å². The first-order chi connectivity index (χ1) is 10.7. The van der Waals surface area contributed by atoms with Crippen molar-refractivity contribution in [1.29, 1.82) is 0 Å². The fourth-order valence-corrected chi connectivity index (χ4v) is 2.22. The van der Waals surface area contributed by atoms with Crippen LogP contribution in [-0.4, -0.2) is 32.8 Å². The second-order valence-electron chi connectivity index (χ2n) is 5.88. The second-order valence-corrected chi connectivity index (χ2v) is 5.88. The number of nitrogens with one attached hydrogen (secondary N) is 2. The van der Waals surface area contributed by atoms with E-state index < -0.39 is 17.6 Å². The van der Waals surface area contributed by atoms with Gasteiger partial charge in [0, 0.05) is 25.6 Å². The number of benzene rings is 1. The van der Waals surface area contributed by atoms with Gasteiger partial charge in [-0.05, 0) is 17.7 Å². The van der Waals surface area contributed by atoms with Gasteiger partial charge in [0.05, 0.1) is 18.8 Å². The number of hydrogen-bond acceptors (Lipinski definition) is 2. The zero-order valence-electron chi connectivity index (χ0n) is 13.3. The Morgan fingerprint density at radius 1 is 1.29 bits per heavy atom. The summed E-state index contributed by atoms with van der Waals surface area (Å²) in [6.07, 6.45) is -4.60. The Labute approximate surface area is 155 Å². The molecule has 0 atom stereocenters. The molecule has 2 N–H and O–H groups in total. The predicted molar refractivity (Wildman–Crippen MR) is 93.9 cm³/mol. The van der Waals surface area contributed by atoms with Crippen molar-refractivity contribution in [3.8, 4) is 0 Å². The number of aliphatic imine (C=N–C) groups is 1. The molecule has 1 aliphatic heterocycles. The van der Waals surface area contributed by atoms with E-state index in [9.17, 15) is 17.6 Å². The van der Waals surface area contributed by atoms with Crippen molar-refractivity contribution >= 4 is 29.9 Å². The van der Waals surface area contributed by atoms with E-state index in [4.69, 9.17) is 4.74 Å². The van der Waals surface area contributed by atoms with Crippen LogP contribution < -0.4 is 10.6 Å². The minimum absolute atomic E-state index is 0. The SMILES string of the molecule is CN=C(NCc1ccc(F)cc1C(F)(F)F)NCC1(C)COC1.I. The lowest BCUT2D eigenvalue weighted by atomic mass is 9.89. The molecule has 0 bridgehead atoms. The topological polar surface area (TPSA) is 45.7 Å². The standard InChI is InChI=1S/C15H19F4N3O.HI/c1-14(8-23-9-14)7-22-13(20-2)21-6-10-3-4-11(16)5-12(10)15(17,18)19;/h3-5H,6-9H2,1-2H3,(H2,20,21,22);1H. The molecule has 1 fully saturated rings. The van der Waals surface area contributed by atoms with Crippen molar-refractivity contribution in [3.63, 3.8) is 0 Å². The molecule has 24 heavy (non-hydrogen) atoms. The molecule has 1 aromatic rings. The van der Waals surface area contributed by atoms with Crippen LogP contribution in [0.25, 0.3) is 0 Å². The van der Waals surface area contributed by atoms with Gasteiger partial charge in [-0.2, -0.15) is 13.2 Å². The molecule has 9 heteroatoms. The van der Waals surface area contributed by atoms with E-state index in [-0.39, 0.29) is 41.5 Å². The third-order valence-electron chi connectivity index (χ3n) is 3.63. The molecule has 1 saturated heterocycles. The lowest BCUT2D eigenvalue weighted by molar-refractivity contribution is -0.138. The Morgan fingerprint density at radius 3 is 2.46 bits per heavy atom. The maximum Gasteiger partial charge on any atom is 0.416 e. The number of halogens is 5. The van der Waals surface area contributed by atoms with Gasteiger partial charge >= 0.3 is 6.18 Å². The highest BCUT2D eigenvalue weighted by atomic mass is 127. The summed E-state index contributed by atoms with van der Waals surface area (Å²) in [5.74, 6) is -0.530. The molecule has 1 aliphatic rings. The second kappa shape index (κ2) is 8.32. The first-order valence-corrected chi connectivity index (χ1v) is 7.11. The summed E-state index contributed by atoms with van der Waals surface area (Å²) >= 11 is 0. The van der Waals surface area contributed by atoms with Crippen molar-refractivity contribution in [2.75, 3.05) is 26.8 Å². The first kappa shape index (κ1) is 20.9. The number of hydrogen-bond donors (Lipinski definition) is 2. The third kappa shape index (κ3) is 5.47. The molecule has 0 saturated carbocycles. The van der Waals surface area contributed by atoms with E-state index >= 15 is 0 Å². The van der Waals surface area contributed by atoms with Gasteiger partial charge in [-0.3, -0.25) is 4.99 Å². The van der Waals surface area contributed by atoms with Crippen LogP contribution in [0.3, 0.4) is 0 Å². The van der Waals surface area contributed by atoms with Crippen LogP contribution in [0.2, 0.25) is 0 Å². The van der Waals surface area contributed by atoms with Gasteiger partial charge in [0.25, 0.3) is 0 Å². The lowest BCUT2D eigenvalue weighted by Crippen LogP contribution is -2.50. The Balaban J connectivity index is 0.00000288. The third-order valence-corrected chi connectivity index (χ3v) is 3.63. The molecule has 1 aromatic carbocycles. The largest absolute Gasteiger partial charge is 0.416 e. The maximum absolute atomic E-state index is 13.1. The molecule has 4 nitrogen and oxygen atoms in total. The average Bonchev–Trinajstić information content (AvgIpc) is 2.45. The lowest BCUT2D eigenvalue weighted by Gasteiger charge is -2.38. The van der Waals surface area contributed by atoms with E-state index in [0.29, 0.717) is 31.8 Å². The van der Waals surface area contributed by atoms with Crippen LogP contribution in [0.15, 0.2) is 23.2 Å². The summed E-state index contributed by atoms with van der Waals surface area (Å²) in [6.45, 7) is 3.79. The zero-order valence-corrected chi connectivity index (χ0v) is 15.7. The van der Waals surface area contributed by atoms with E-state index in [2.05, 4.69) is 15.6 Å². The van der Waals surface area contributed by atoms with E-state index in [1.807, 2.05) is 6.92 Å². The van der Waals surface area contributed by atoms with Crippen molar-refractivity contribution in [2.24, 2.45) is 10.4 Å². The van der Waals surface area contributed by atoms with E-state index in [0.717, 1.165) is 12.1 Å². The molecule has 0 amide bonds. The van der Waals surface area contributed by atoms with Gasteiger partial charge in [0.1, 0.15) is 5.82 Å². The Kier molecular flexibility index (Phi) is 7.26. The summed E-state index contributed by atoms with van der Waals surface area (Å²) in [6, 6.07) is 2.63. The van der Waals surface area contributed by atoms with Crippen LogP contribution in [0.4, 0.5) is 17.6 Å². The molecular formula is C15H20F4IN3O. The van der Waals surface area contributed by atoms with Crippen molar-refractivity contribution in [1.82, 2.24) is 10.6 Å². The van der Waals surface area contributed by atoms with Gasteiger partial charge in [-0.1, -0.05) is 13.0 Å². The molecule has 0 radical (unpaired) electrons. The first-order valence-electron chi connectivity index (χ1n) is 7.11. The molecule has 0 aromatic heterocycles. The maximum atomic E-state index is 13.1. The van der Waals surface area contributed by atoms with Gasteiger partial charge in [-0.15, -0.1) is 24.0 Å². The molecule has 0 unspecified atom stereocenters. The highest BCUT2D eigenvalue weighted by molar-refractivity contribution is 14.0. The van der Waals surface area contributed by atoms with Gasteiger partial charge in [0.2, 0.25) is 0 Å². The Morgan fingerprint density at radius 2 is 1.96 bits per heavy atom. The number of nitrogens with zero attached hydrogens (tertiary/aromatic N) is 1. The number of rotatable bonds is 4. The summed E-state index contributed by atoms with van der Waals surface area (Å²) in [7, 11) is 1.53. The summed E-state index contributed by atoms with van der Waals surface area (Å²) in [5, 5.41) is 5.87. The average molecular weight is 461 g/mol. The Bertz CT molecular complexity index is 589. The fraction of sp³-hybridized carbons (Fsp3) is 0.533. The minimum Gasteiger partial charge on any atom is -0.380 e. The normalized spacial score (nSPS) is 16.8. The van der Waals surface area contributed by atoms with Crippen LogP contribution in [-0.2, 0) is 17.5 Å². The molecule has 0 spiro atoms. The molecular weight excluding hydrogens is 441 g/mol. The van der Waals surface area contributed by atoms with Crippen molar-refractivity contribution in [2.45, 2.75) is 19.6 Å². The van der Waals surface area contributed by atoms with Crippen LogP contribution in [0, 0.1) is 11.2 Å². The smallest absolute Gasteiger partial charge is 0.380 e. The van der Waals surface area contributed by atoms with Crippen LogP contribution in [0.5, 0.6) is 0 Å².